The van der Waals surface area contributed by atoms with E-state index in [2.05, 4.69) is 10.6 Å². The van der Waals surface area contributed by atoms with Gasteiger partial charge in [0.2, 0.25) is 23.6 Å². The molecule has 0 aliphatic carbocycles. The van der Waals surface area contributed by atoms with Gasteiger partial charge in [-0.15, -0.1) is 0 Å². The lowest BCUT2D eigenvalue weighted by Gasteiger charge is -2.22. The highest BCUT2D eigenvalue weighted by atomic mass is 16.4. The molecule has 0 saturated carbocycles. The normalized spacial score (nSPS) is 13.8. The highest BCUT2D eigenvalue weighted by Gasteiger charge is 2.28. The fourth-order valence-electron chi connectivity index (χ4n) is 2.29. The largest absolute Gasteiger partial charge is 0.480 e. The Morgan fingerprint density at radius 2 is 1.32 bits per heavy atom. The van der Waals surface area contributed by atoms with Gasteiger partial charge in [0.1, 0.15) is 12.1 Å². The molecule has 0 rings (SSSR count). The van der Waals surface area contributed by atoms with Crippen molar-refractivity contribution >= 4 is 29.6 Å². The Balaban J connectivity index is 5.01. The Morgan fingerprint density at radius 1 is 0.786 bits per heavy atom. The zero-order chi connectivity index (χ0) is 21.7. The van der Waals surface area contributed by atoms with Crippen LogP contribution in [0.1, 0.15) is 44.9 Å². The molecular formula is C16H30N6O6. The predicted octanol–water partition coefficient (Wildman–Crippen LogP) is -2.97. The Morgan fingerprint density at radius 3 is 1.82 bits per heavy atom. The van der Waals surface area contributed by atoms with E-state index >= 15 is 0 Å². The Hall–Kier alpha value is -2.73. The minimum Gasteiger partial charge on any atom is -0.480 e. The molecule has 3 unspecified atom stereocenters. The number of hydrogen-bond donors (Lipinski definition) is 7. The van der Waals surface area contributed by atoms with Crippen LogP contribution in [-0.2, 0) is 24.0 Å². The minimum absolute atomic E-state index is 0.0256. The van der Waals surface area contributed by atoms with Gasteiger partial charge in [-0.25, -0.2) is 4.79 Å². The lowest BCUT2D eigenvalue weighted by atomic mass is 10.1. The molecule has 160 valence electrons. The summed E-state index contributed by atoms with van der Waals surface area (Å²) in [4.78, 5) is 57.7. The van der Waals surface area contributed by atoms with Gasteiger partial charge < -0.3 is 38.7 Å². The molecule has 11 N–H and O–H groups in total. The number of carbonyl (C=O) groups is 5. The van der Waals surface area contributed by atoms with Crippen molar-refractivity contribution in [1.82, 2.24) is 10.6 Å². The van der Waals surface area contributed by atoms with Gasteiger partial charge in [0.15, 0.2) is 0 Å². The van der Waals surface area contributed by atoms with Crippen molar-refractivity contribution in [3.63, 3.8) is 0 Å². The second kappa shape index (κ2) is 13.4. The van der Waals surface area contributed by atoms with Crippen molar-refractivity contribution < 1.29 is 29.1 Å². The third-order valence-electron chi connectivity index (χ3n) is 3.91. The molecule has 0 heterocycles. The first kappa shape index (κ1) is 25.3. The summed E-state index contributed by atoms with van der Waals surface area (Å²) in [5.41, 5.74) is 21.1. The van der Waals surface area contributed by atoms with Crippen LogP contribution in [-0.4, -0.2) is 59.4 Å². The molecule has 3 atom stereocenters. The van der Waals surface area contributed by atoms with Crippen LogP contribution in [0.15, 0.2) is 0 Å². The van der Waals surface area contributed by atoms with E-state index in [-0.39, 0.29) is 32.1 Å². The molecule has 0 radical (unpaired) electrons. The summed E-state index contributed by atoms with van der Waals surface area (Å²) < 4.78 is 0. The number of primary amides is 2. The van der Waals surface area contributed by atoms with Gasteiger partial charge >= 0.3 is 5.97 Å². The Bertz CT molecular complexity index is 570. The number of rotatable bonds is 15. The fourth-order valence-corrected chi connectivity index (χ4v) is 2.29. The Kier molecular flexibility index (Phi) is 12.1. The van der Waals surface area contributed by atoms with E-state index in [1.54, 1.807) is 0 Å². The van der Waals surface area contributed by atoms with Crippen LogP contribution in [0, 0.1) is 0 Å². The molecule has 0 fully saturated rings. The highest BCUT2D eigenvalue weighted by molar-refractivity contribution is 5.92. The molecule has 0 aromatic heterocycles. The average molecular weight is 402 g/mol. The van der Waals surface area contributed by atoms with Gasteiger partial charge in [0.25, 0.3) is 0 Å². The number of unbranched alkanes of at least 4 members (excludes halogenated alkanes) is 1. The summed E-state index contributed by atoms with van der Waals surface area (Å²) in [6.45, 7) is 0.390. The summed E-state index contributed by atoms with van der Waals surface area (Å²) in [7, 11) is 0. The van der Waals surface area contributed by atoms with Crippen LogP contribution in [0.3, 0.4) is 0 Å². The first-order valence-electron chi connectivity index (χ1n) is 8.94. The SMILES string of the molecule is NCCCCC(NC(=O)C(CCC(N)=O)NC(=O)C(N)CCC(N)=O)C(=O)O. The molecule has 4 amide bonds. The summed E-state index contributed by atoms with van der Waals surface area (Å²) >= 11 is 0. The number of amides is 4. The molecule has 0 aromatic rings. The molecule has 0 spiro atoms. The van der Waals surface area contributed by atoms with Crippen molar-refractivity contribution in [2.24, 2.45) is 22.9 Å². The lowest BCUT2D eigenvalue weighted by molar-refractivity contribution is -0.142. The molecule has 0 aliphatic rings. The van der Waals surface area contributed by atoms with Crippen LogP contribution in [0.2, 0.25) is 0 Å². The van der Waals surface area contributed by atoms with Crippen molar-refractivity contribution in [3.05, 3.63) is 0 Å². The number of carbonyl (C=O) groups excluding carboxylic acids is 4. The summed E-state index contributed by atoms with van der Waals surface area (Å²) in [6, 6.07) is -3.48. The Labute approximate surface area is 162 Å². The standard InChI is InChI=1S/C16H30N6O6/c17-8-2-1-3-11(16(27)28)22-15(26)10(5-7-13(20)24)21-14(25)9(18)4-6-12(19)23/h9-11H,1-8,17-18H2,(H2,19,23)(H2,20,24)(H,21,25)(H,22,26)(H,27,28). The molecular weight excluding hydrogens is 372 g/mol. The van der Waals surface area contributed by atoms with Gasteiger partial charge in [-0.1, -0.05) is 0 Å². The molecule has 0 aliphatic heterocycles. The summed E-state index contributed by atoms with van der Waals surface area (Å²) in [5.74, 6) is -4.07. The monoisotopic (exact) mass is 402 g/mol. The maximum absolute atomic E-state index is 12.4. The van der Waals surface area contributed by atoms with Crippen LogP contribution in [0.4, 0.5) is 0 Å². The quantitative estimate of drug-likeness (QED) is 0.139. The van der Waals surface area contributed by atoms with Crippen LogP contribution < -0.4 is 33.6 Å². The zero-order valence-corrected chi connectivity index (χ0v) is 15.7. The molecule has 12 nitrogen and oxygen atoms in total. The maximum Gasteiger partial charge on any atom is 0.326 e. The van der Waals surface area contributed by atoms with E-state index in [4.69, 9.17) is 22.9 Å². The van der Waals surface area contributed by atoms with E-state index < -0.39 is 47.7 Å². The second-order valence-corrected chi connectivity index (χ2v) is 6.36. The van der Waals surface area contributed by atoms with Crippen LogP contribution in [0.25, 0.3) is 0 Å². The van der Waals surface area contributed by atoms with E-state index in [0.717, 1.165) is 0 Å². The average Bonchev–Trinajstić information content (AvgIpc) is 2.61. The van der Waals surface area contributed by atoms with E-state index in [9.17, 15) is 29.1 Å². The third-order valence-corrected chi connectivity index (χ3v) is 3.91. The van der Waals surface area contributed by atoms with Gasteiger partial charge in [0, 0.05) is 12.8 Å². The number of carboxylic acid groups (broad SMARTS) is 1. The molecule has 0 saturated heterocycles. The van der Waals surface area contributed by atoms with Crippen molar-refractivity contribution in [2.75, 3.05) is 6.54 Å². The smallest absolute Gasteiger partial charge is 0.326 e. The predicted molar refractivity (Wildman–Crippen MR) is 99.2 cm³/mol. The van der Waals surface area contributed by atoms with Crippen molar-refractivity contribution in [2.45, 2.75) is 63.1 Å². The van der Waals surface area contributed by atoms with Gasteiger partial charge in [-0.05, 0) is 38.6 Å². The van der Waals surface area contributed by atoms with Crippen molar-refractivity contribution in [3.8, 4) is 0 Å². The molecule has 28 heavy (non-hydrogen) atoms. The van der Waals surface area contributed by atoms with E-state index in [0.29, 0.717) is 19.4 Å². The topological polar surface area (TPSA) is 234 Å². The number of nitrogens with one attached hydrogen (secondary N) is 2. The first-order chi connectivity index (χ1) is 13.1. The lowest BCUT2D eigenvalue weighted by Crippen LogP contribution is -2.54. The molecule has 0 bridgehead atoms. The fraction of sp³-hybridized carbons (Fsp3) is 0.688. The maximum atomic E-state index is 12.4. The van der Waals surface area contributed by atoms with Crippen LogP contribution >= 0.6 is 0 Å². The number of carboxylic acids is 1. The minimum atomic E-state index is -1.23. The first-order valence-corrected chi connectivity index (χ1v) is 8.94. The highest BCUT2D eigenvalue weighted by Crippen LogP contribution is 2.05. The summed E-state index contributed by atoms with van der Waals surface area (Å²) in [6.07, 6.45) is 0.759. The molecule has 12 heteroatoms. The number of hydrogen-bond acceptors (Lipinski definition) is 7. The van der Waals surface area contributed by atoms with E-state index in [1.165, 1.54) is 0 Å². The van der Waals surface area contributed by atoms with Gasteiger partial charge in [0.05, 0.1) is 6.04 Å². The zero-order valence-electron chi connectivity index (χ0n) is 15.7. The summed E-state index contributed by atoms with van der Waals surface area (Å²) in [5, 5.41) is 13.9. The number of aliphatic carboxylic acids is 1. The van der Waals surface area contributed by atoms with Gasteiger partial charge in [-0.2, -0.15) is 0 Å². The van der Waals surface area contributed by atoms with Crippen LogP contribution in [0.5, 0.6) is 0 Å². The van der Waals surface area contributed by atoms with Gasteiger partial charge in [-0.3, -0.25) is 19.2 Å². The van der Waals surface area contributed by atoms with Crippen molar-refractivity contribution in [1.29, 1.82) is 0 Å². The third kappa shape index (κ3) is 11.1. The molecule has 0 aromatic carbocycles. The second-order valence-electron chi connectivity index (χ2n) is 6.36. The van der Waals surface area contributed by atoms with E-state index in [1.807, 2.05) is 0 Å². The number of nitrogens with two attached hydrogens (primary N) is 4.